The number of rotatable bonds is 3. The maximum atomic E-state index is 11.0. The molecule has 0 heterocycles. The first-order chi connectivity index (χ1) is 4.67. The molecular formula is C8H15NO. The fourth-order valence-corrected chi connectivity index (χ4v) is 1.48. The Hall–Kier alpha value is -0.370. The predicted molar refractivity (Wildman–Crippen MR) is 40.9 cm³/mol. The molecule has 0 aliphatic heterocycles. The van der Waals surface area contributed by atoms with Crippen molar-refractivity contribution in [3.8, 4) is 0 Å². The van der Waals surface area contributed by atoms with Gasteiger partial charge in [0.2, 0.25) is 0 Å². The van der Waals surface area contributed by atoms with E-state index in [0.717, 1.165) is 12.8 Å². The van der Waals surface area contributed by atoms with Crippen LogP contribution >= 0.6 is 0 Å². The molecule has 2 atom stereocenters. The highest BCUT2D eigenvalue weighted by atomic mass is 16.1. The molecule has 0 amide bonds. The molecule has 10 heavy (non-hydrogen) atoms. The van der Waals surface area contributed by atoms with Crippen LogP contribution in [0.4, 0.5) is 0 Å². The second-order valence-corrected chi connectivity index (χ2v) is 3.13. The van der Waals surface area contributed by atoms with Crippen molar-refractivity contribution in [2.24, 2.45) is 5.92 Å². The van der Waals surface area contributed by atoms with Crippen LogP contribution in [0.15, 0.2) is 0 Å². The molecule has 0 aromatic heterocycles. The van der Waals surface area contributed by atoms with E-state index in [1.165, 1.54) is 0 Å². The first-order valence-electron chi connectivity index (χ1n) is 3.89. The lowest BCUT2D eigenvalue weighted by molar-refractivity contribution is -0.112. The summed E-state index contributed by atoms with van der Waals surface area (Å²) in [5.74, 6) is 0.870. The molecule has 0 saturated heterocycles. The number of ketones is 1. The zero-order valence-electron chi connectivity index (χ0n) is 6.90. The zero-order valence-corrected chi connectivity index (χ0v) is 6.90. The lowest BCUT2D eigenvalue weighted by Crippen LogP contribution is -2.36. The van der Waals surface area contributed by atoms with E-state index in [9.17, 15) is 4.79 Å². The molecule has 1 aliphatic carbocycles. The molecule has 0 spiro atoms. The maximum Gasteiger partial charge on any atom is 0.155 e. The van der Waals surface area contributed by atoms with Crippen LogP contribution in [0.5, 0.6) is 0 Å². The largest absolute Gasteiger partial charge is 0.307 e. The van der Waals surface area contributed by atoms with Gasteiger partial charge in [-0.1, -0.05) is 20.3 Å². The summed E-state index contributed by atoms with van der Waals surface area (Å²) in [6.45, 7) is 4.25. The standard InChI is InChI=1S/C8H15NO/c1-4-6(2)8(9-3)5-7(8)10/h6,9H,4-5H2,1-3H3/t6-,8?/m0/s1. The van der Waals surface area contributed by atoms with Crippen molar-refractivity contribution in [3.63, 3.8) is 0 Å². The lowest BCUT2D eigenvalue weighted by Gasteiger charge is -2.18. The van der Waals surface area contributed by atoms with Crippen molar-refractivity contribution in [2.75, 3.05) is 7.05 Å². The lowest BCUT2D eigenvalue weighted by atomic mass is 9.97. The molecule has 1 fully saturated rings. The Balaban J connectivity index is 2.59. The van der Waals surface area contributed by atoms with Crippen LogP contribution in [-0.2, 0) is 4.79 Å². The number of carbonyl (C=O) groups is 1. The number of hydrogen-bond acceptors (Lipinski definition) is 2. The number of Topliss-reactive ketones (excluding diaryl/α,β-unsaturated/α-hetero) is 1. The molecule has 2 heteroatoms. The van der Waals surface area contributed by atoms with Crippen LogP contribution in [0.3, 0.4) is 0 Å². The van der Waals surface area contributed by atoms with Crippen molar-refractivity contribution in [3.05, 3.63) is 0 Å². The van der Waals surface area contributed by atoms with E-state index >= 15 is 0 Å². The van der Waals surface area contributed by atoms with Crippen molar-refractivity contribution < 1.29 is 4.79 Å². The molecule has 0 bridgehead atoms. The van der Waals surface area contributed by atoms with Crippen LogP contribution in [0.1, 0.15) is 26.7 Å². The maximum absolute atomic E-state index is 11.0. The Morgan fingerprint density at radius 3 is 2.40 bits per heavy atom. The van der Waals surface area contributed by atoms with Gasteiger partial charge in [0.1, 0.15) is 0 Å². The van der Waals surface area contributed by atoms with Gasteiger partial charge in [0, 0.05) is 6.42 Å². The van der Waals surface area contributed by atoms with Crippen LogP contribution in [0, 0.1) is 5.92 Å². The summed E-state index contributed by atoms with van der Waals surface area (Å²) in [5.41, 5.74) is -0.130. The monoisotopic (exact) mass is 141 g/mol. The first-order valence-corrected chi connectivity index (χ1v) is 3.89. The summed E-state index contributed by atoms with van der Waals surface area (Å²) >= 11 is 0. The normalized spacial score (nSPS) is 34.1. The minimum Gasteiger partial charge on any atom is -0.307 e. The number of nitrogens with one attached hydrogen (secondary N) is 1. The Morgan fingerprint density at radius 1 is 1.80 bits per heavy atom. The van der Waals surface area contributed by atoms with Crippen molar-refractivity contribution in [1.82, 2.24) is 5.32 Å². The van der Waals surface area contributed by atoms with Gasteiger partial charge >= 0.3 is 0 Å². The molecule has 1 rings (SSSR count). The number of hydrogen-bond donors (Lipinski definition) is 1. The molecule has 1 unspecified atom stereocenters. The first kappa shape index (κ1) is 7.73. The van der Waals surface area contributed by atoms with Crippen molar-refractivity contribution >= 4 is 5.78 Å². The summed E-state index contributed by atoms with van der Waals surface area (Å²) in [7, 11) is 1.87. The van der Waals surface area contributed by atoms with E-state index in [0.29, 0.717) is 11.7 Å². The molecule has 2 nitrogen and oxygen atoms in total. The Morgan fingerprint density at radius 2 is 2.30 bits per heavy atom. The van der Waals surface area contributed by atoms with Crippen LogP contribution < -0.4 is 5.32 Å². The summed E-state index contributed by atoms with van der Waals surface area (Å²) in [6.07, 6.45) is 1.81. The van der Waals surface area contributed by atoms with Gasteiger partial charge in [0.15, 0.2) is 5.78 Å². The van der Waals surface area contributed by atoms with Crippen LogP contribution in [-0.4, -0.2) is 18.4 Å². The van der Waals surface area contributed by atoms with E-state index < -0.39 is 0 Å². The highest BCUT2D eigenvalue weighted by Gasteiger charge is 2.55. The fourth-order valence-electron chi connectivity index (χ4n) is 1.48. The van der Waals surface area contributed by atoms with Crippen LogP contribution in [0.2, 0.25) is 0 Å². The summed E-state index contributed by atoms with van der Waals surface area (Å²) in [6, 6.07) is 0. The molecule has 1 N–H and O–H groups in total. The average Bonchev–Trinajstić information content (AvgIpc) is 2.61. The highest BCUT2D eigenvalue weighted by molar-refractivity contribution is 6.05. The molecule has 1 saturated carbocycles. The third-order valence-corrected chi connectivity index (χ3v) is 2.71. The van der Waals surface area contributed by atoms with Gasteiger partial charge in [-0.05, 0) is 13.0 Å². The third kappa shape index (κ3) is 0.870. The SMILES string of the molecule is CC[C@H](C)C1(NC)CC1=O. The molecule has 0 aromatic rings. The summed E-state index contributed by atoms with van der Waals surface area (Å²) in [4.78, 5) is 11.0. The van der Waals surface area contributed by atoms with E-state index in [-0.39, 0.29) is 5.54 Å². The molecule has 1 aliphatic rings. The van der Waals surface area contributed by atoms with E-state index in [1.54, 1.807) is 0 Å². The Labute approximate surface area is 62.0 Å². The smallest absolute Gasteiger partial charge is 0.155 e. The third-order valence-electron chi connectivity index (χ3n) is 2.71. The Bertz CT molecular complexity index is 155. The topological polar surface area (TPSA) is 29.1 Å². The summed E-state index contributed by atoms with van der Waals surface area (Å²) in [5, 5.41) is 3.10. The highest BCUT2D eigenvalue weighted by Crippen LogP contribution is 2.38. The fraction of sp³-hybridized carbons (Fsp3) is 0.875. The molecule has 0 aromatic carbocycles. The Kier molecular flexibility index (Phi) is 1.82. The van der Waals surface area contributed by atoms with Gasteiger partial charge < -0.3 is 5.32 Å². The van der Waals surface area contributed by atoms with Crippen molar-refractivity contribution in [2.45, 2.75) is 32.2 Å². The van der Waals surface area contributed by atoms with Gasteiger partial charge in [-0.25, -0.2) is 0 Å². The van der Waals surface area contributed by atoms with Gasteiger partial charge in [-0.15, -0.1) is 0 Å². The van der Waals surface area contributed by atoms with Crippen LogP contribution in [0.25, 0.3) is 0 Å². The zero-order chi connectivity index (χ0) is 7.78. The predicted octanol–water partition coefficient (Wildman–Crippen LogP) is 0.964. The second kappa shape index (κ2) is 2.35. The molecular weight excluding hydrogens is 126 g/mol. The number of likely N-dealkylation sites (N-methyl/N-ethyl adjacent to an activating group) is 1. The average molecular weight is 141 g/mol. The van der Waals surface area contributed by atoms with Gasteiger partial charge in [-0.3, -0.25) is 4.79 Å². The number of carbonyl (C=O) groups excluding carboxylic acids is 1. The van der Waals surface area contributed by atoms with Gasteiger partial charge in [0.05, 0.1) is 5.54 Å². The summed E-state index contributed by atoms with van der Waals surface area (Å²) < 4.78 is 0. The molecule has 58 valence electrons. The van der Waals surface area contributed by atoms with Crippen molar-refractivity contribution in [1.29, 1.82) is 0 Å². The van der Waals surface area contributed by atoms with E-state index in [2.05, 4.69) is 19.2 Å². The minimum atomic E-state index is -0.130. The minimum absolute atomic E-state index is 0.130. The van der Waals surface area contributed by atoms with E-state index in [1.807, 2.05) is 7.05 Å². The quantitative estimate of drug-likeness (QED) is 0.634. The van der Waals surface area contributed by atoms with E-state index in [4.69, 9.17) is 0 Å². The van der Waals surface area contributed by atoms with Gasteiger partial charge in [-0.2, -0.15) is 0 Å². The van der Waals surface area contributed by atoms with Gasteiger partial charge in [0.25, 0.3) is 0 Å². The second-order valence-electron chi connectivity index (χ2n) is 3.13. The molecule has 0 radical (unpaired) electrons.